The van der Waals surface area contributed by atoms with Gasteiger partial charge in [0.25, 0.3) is 5.91 Å². The fourth-order valence-electron chi connectivity index (χ4n) is 2.35. The van der Waals surface area contributed by atoms with Gasteiger partial charge in [0.05, 0.1) is 6.54 Å². The number of rotatable bonds is 5. The van der Waals surface area contributed by atoms with Crippen molar-refractivity contribution in [3.63, 3.8) is 0 Å². The normalized spacial score (nSPS) is 17.4. The van der Waals surface area contributed by atoms with Crippen LogP contribution in [0.15, 0.2) is 61.3 Å². The number of carbonyl (C=O) groups is 2. The molecule has 2 heterocycles. The third kappa shape index (κ3) is 5.32. The minimum atomic E-state index is -0.112. The molecule has 2 aliphatic rings. The molecule has 2 fully saturated rings. The zero-order valence-electron chi connectivity index (χ0n) is 14.7. The molecule has 2 saturated heterocycles. The number of hydrogen-bond donors (Lipinski definition) is 2. The minimum absolute atomic E-state index is 0.0184. The van der Waals surface area contributed by atoms with E-state index in [-0.39, 0.29) is 11.8 Å². The van der Waals surface area contributed by atoms with Gasteiger partial charge >= 0.3 is 0 Å². The SMILES string of the molecule is C=CCN1C(=O)/C(=C/c2ccccc2)NC1=S.C=CCN1C(=O)CNC1=S. The van der Waals surface area contributed by atoms with Crippen LogP contribution >= 0.6 is 24.4 Å². The molecule has 0 unspecified atom stereocenters. The number of nitrogens with zero attached hydrogens (tertiary/aromatic N) is 2. The molecule has 2 aliphatic heterocycles. The Labute approximate surface area is 169 Å². The molecule has 27 heavy (non-hydrogen) atoms. The molecule has 0 aromatic heterocycles. The van der Waals surface area contributed by atoms with Gasteiger partial charge in [-0.25, -0.2) is 0 Å². The second kappa shape index (κ2) is 9.75. The van der Waals surface area contributed by atoms with Gasteiger partial charge in [-0.05, 0) is 36.1 Å². The molecule has 2 amide bonds. The van der Waals surface area contributed by atoms with Gasteiger partial charge in [0.2, 0.25) is 5.91 Å². The van der Waals surface area contributed by atoms with Gasteiger partial charge in [0.15, 0.2) is 10.2 Å². The largest absolute Gasteiger partial charge is 0.353 e. The van der Waals surface area contributed by atoms with E-state index in [9.17, 15) is 9.59 Å². The van der Waals surface area contributed by atoms with Crippen molar-refractivity contribution < 1.29 is 9.59 Å². The lowest BCUT2D eigenvalue weighted by Gasteiger charge is -2.10. The summed E-state index contributed by atoms with van der Waals surface area (Å²) in [6.07, 6.45) is 5.09. The van der Waals surface area contributed by atoms with Crippen molar-refractivity contribution >= 4 is 52.6 Å². The first-order valence-corrected chi connectivity index (χ1v) is 8.99. The smallest absolute Gasteiger partial charge is 0.276 e. The van der Waals surface area contributed by atoms with Gasteiger partial charge in [-0.1, -0.05) is 42.5 Å². The summed E-state index contributed by atoms with van der Waals surface area (Å²) in [4.78, 5) is 25.8. The Hall–Kier alpha value is -2.84. The van der Waals surface area contributed by atoms with Crippen molar-refractivity contribution in [1.29, 1.82) is 0 Å². The molecule has 8 heteroatoms. The Morgan fingerprint density at radius 2 is 1.63 bits per heavy atom. The molecular formula is C19H20N4O2S2. The second-order valence-corrected chi connectivity index (χ2v) is 6.33. The van der Waals surface area contributed by atoms with Gasteiger partial charge in [-0.3, -0.25) is 19.4 Å². The van der Waals surface area contributed by atoms with E-state index in [1.807, 2.05) is 30.3 Å². The van der Waals surface area contributed by atoms with Crippen LogP contribution < -0.4 is 10.6 Å². The fraction of sp³-hybridized carbons (Fsp3) is 0.158. The summed E-state index contributed by atoms with van der Waals surface area (Å²) in [6, 6.07) is 9.64. The number of benzene rings is 1. The molecule has 0 spiro atoms. The third-order valence-corrected chi connectivity index (χ3v) is 4.32. The minimum Gasteiger partial charge on any atom is -0.353 e. The maximum absolute atomic E-state index is 12.0. The maximum Gasteiger partial charge on any atom is 0.276 e. The van der Waals surface area contributed by atoms with E-state index in [1.54, 1.807) is 18.2 Å². The molecule has 1 aromatic carbocycles. The Bertz CT molecular complexity index is 789. The lowest BCUT2D eigenvalue weighted by molar-refractivity contribution is -0.124. The second-order valence-electron chi connectivity index (χ2n) is 5.56. The first-order valence-electron chi connectivity index (χ1n) is 8.17. The average molecular weight is 401 g/mol. The molecule has 140 valence electrons. The van der Waals surface area contributed by atoms with E-state index in [4.69, 9.17) is 24.4 Å². The van der Waals surface area contributed by atoms with E-state index < -0.39 is 0 Å². The van der Waals surface area contributed by atoms with Crippen LogP contribution in [0.2, 0.25) is 0 Å². The van der Waals surface area contributed by atoms with Crippen molar-refractivity contribution in [2.45, 2.75) is 0 Å². The van der Waals surface area contributed by atoms with E-state index >= 15 is 0 Å². The highest BCUT2D eigenvalue weighted by Crippen LogP contribution is 2.13. The van der Waals surface area contributed by atoms with E-state index in [2.05, 4.69) is 23.8 Å². The van der Waals surface area contributed by atoms with E-state index in [0.717, 1.165) is 5.56 Å². The Kier molecular flexibility index (Phi) is 7.39. The summed E-state index contributed by atoms with van der Waals surface area (Å²) < 4.78 is 0. The summed E-state index contributed by atoms with van der Waals surface area (Å²) in [5.41, 5.74) is 1.47. The van der Waals surface area contributed by atoms with Crippen LogP contribution in [0.1, 0.15) is 5.56 Å². The molecule has 1 aromatic rings. The zero-order chi connectivity index (χ0) is 19.8. The highest BCUT2D eigenvalue weighted by atomic mass is 32.1. The maximum atomic E-state index is 12.0. The topological polar surface area (TPSA) is 64.7 Å². The van der Waals surface area contributed by atoms with Crippen LogP contribution in [0.25, 0.3) is 6.08 Å². The average Bonchev–Trinajstić information content (AvgIpc) is 3.11. The number of hydrogen-bond acceptors (Lipinski definition) is 4. The van der Waals surface area contributed by atoms with E-state index in [0.29, 0.717) is 35.6 Å². The van der Waals surface area contributed by atoms with Crippen molar-refractivity contribution in [2.75, 3.05) is 19.6 Å². The van der Waals surface area contributed by atoms with Gasteiger partial charge in [-0.15, -0.1) is 13.2 Å². The van der Waals surface area contributed by atoms with Gasteiger partial charge in [0, 0.05) is 13.1 Å². The number of thiocarbonyl (C=S) groups is 2. The molecule has 0 bridgehead atoms. The van der Waals surface area contributed by atoms with Gasteiger partial charge < -0.3 is 10.6 Å². The molecule has 0 saturated carbocycles. The van der Waals surface area contributed by atoms with Crippen LogP contribution in [0.5, 0.6) is 0 Å². The zero-order valence-corrected chi connectivity index (χ0v) is 16.3. The molecule has 6 nitrogen and oxygen atoms in total. The monoisotopic (exact) mass is 400 g/mol. The molecular weight excluding hydrogens is 380 g/mol. The molecule has 0 aliphatic carbocycles. The summed E-state index contributed by atoms with van der Waals surface area (Å²) in [5, 5.41) is 6.60. The summed E-state index contributed by atoms with van der Waals surface area (Å²) in [7, 11) is 0. The van der Waals surface area contributed by atoms with Crippen molar-refractivity contribution in [3.05, 3.63) is 66.9 Å². The van der Waals surface area contributed by atoms with Crippen molar-refractivity contribution in [3.8, 4) is 0 Å². The summed E-state index contributed by atoms with van der Waals surface area (Å²) >= 11 is 9.91. The Morgan fingerprint density at radius 3 is 2.19 bits per heavy atom. The van der Waals surface area contributed by atoms with Gasteiger partial charge in [0.1, 0.15) is 5.70 Å². The first kappa shape index (κ1) is 20.5. The number of amides is 2. The fourth-order valence-corrected chi connectivity index (χ4v) is 2.87. The molecule has 3 rings (SSSR count). The molecule has 0 atom stereocenters. The summed E-state index contributed by atoms with van der Waals surface area (Å²) in [6.45, 7) is 8.37. The lowest BCUT2D eigenvalue weighted by Crippen LogP contribution is -2.30. The predicted molar refractivity (Wildman–Crippen MR) is 115 cm³/mol. The Morgan fingerprint density at radius 1 is 1.00 bits per heavy atom. The van der Waals surface area contributed by atoms with Crippen LogP contribution in [-0.2, 0) is 9.59 Å². The molecule has 2 N–H and O–H groups in total. The van der Waals surface area contributed by atoms with E-state index in [1.165, 1.54) is 9.80 Å². The van der Waals surface area contributed by atoms with Crippen molar-refractivity contribution in [1.82, 2.24) is 20.4 Å². The Balaban J connectivity index is 0.000000223. The quantitative estimate of drug-likeness (QED) is 0.447. The van der Waals surface area contributed by atoms with Crippen molar-refractivity contribution in [2.24, 2.45) is 0 Å². The highest BCUT2D eigenvalue weighted by molar-refractivity contribution is 7.80. The predicted octanol–water partition coefficient (Wildman–Crippen LogP) is 1.82. The lowest BCUT2D eigenvalue weighted by atomic mass is 10.2. The third-order valence-electron chi connectivity index (χ3n) is 3.63. The van der Waals surface area contributed by atoms with Crippen LogP contribution in [0, 0.1) is 0 Å². The van der Waals surface area contributed by atoms with Crippen LogP contribution in [-0.4, -0.2) is 51.5 Å². The van der Waals surface area contributed by atoms with Crippen LogP contribution in [0.4, 0.5) is 0 Å². The standard InChI is InChI=1S/C13H12N2OS.C6H8N2OS/c1-2-8-15-12(16)11(14-13(15)17)9-10-6-4-3-5-7-10;1-2-3-8-5(9)4-7-6(8)10/h2-7,9H,1,8H2,(H,14,17);2H,1,3-4H2,(H,7,10)/b11-9-;. The highest BCUT2D eigenvalue weighted by Gasteiger charge is 2.29. The van der Waals surface area contributed by atoms with Crippen LogP contribution in [0.3, 0.4) is 0 Å². The van der Waals surface area contributed by atoms with Gasteiger partial charge in [-0.2, -0.15) is 0 Å². The summed E-state index contributed by atoms with van der Waals surface area (Å²) in [5.74, 6) is -0.0938. The molecule has 0 radical (unpaired) electrons. The first-order chi connectivity index (χ1) is 13.0. The number of nitrogens with one attached hydrogen (secondary N) is 2. The number of carbonyl (C=O) groups excluding carboxylic acids is 2.